The van der Waals surface area contributed by atoms with Gasteiger partial charge in [-0.05, 0) is 66.0 Å². The fourth-order valence-electron chi connectivity index (χ4n) is 1.39. The van der Waals surface area contributed by atoms with Gasteiger partial charge in [-0.1, -0.05) is 6.07 Å². The number of benzene rings is 1. The zero-order valence-corrected chi connectivity index (χ0v) is 13.5. The van der Waals surface area contributed by atoms with E-state index < -0.39 is 11.6 Å². The Hall–Kier alpha value is -0.590. The highest BCUT2D eigenvalue weighted by atomic mass is 79.9. The Morgan fingerprint density at radius 3 is 2.56 bits per heavy atom. The molecule has 0 aliphatic rings. The molecule has 0 aliphatic heterocycles. The van der Waals surface area contributed by atoms with Gasteiger partial charge in [-0.25, -0.2) is 4.39 Å². The van der Waals surface area contributed by atoms with E-state index in [2.05, 4.69) is 52.8 Å². The van der Waals surface area contributed by atoms with Crippen LogP contribution in [-0.2, 0) is 0 Å². The molecular weight excluding hydrogens is 433 g/mol. The number of hydrogen-bond acceptors (Lipinski definition) is 2. The molecule has 2 rings (SSSR count). The maximum absolute atomic E-state index is 13.8. The average Bonchev–Trinajstić information content (AvgIpc) is 2.32. The molecule has 0 amide bonds. The SMILES string of the molecule is O=C(c1cccc(Br)c1F)c1ncc(Br)cc1Br. The topological polar surface area (TPSA) is 30.0 Å². The quantitative estimate of drug-likeness (QED) is 0.635. The van der Waals surface area contributed by atoms with Crippen LogP contribution in [0.15, 0.2) is 43.9 Å². The predicted octanol–water partition coefficient (Wildman–Crippen LogP) is 4.74. The van der Waals surface area contributed by atoms with Crippen LogP contribution in [0.2, 0.25) is 0 Å². The Balaban J connectivity index is 2.51. The van der Waals surface area contributed by atoms with Crippen molar-refractivity contribution in [3.63, 3.8) is 0 Å². The average molecular weight is 438 g/mol. The first-order valence-electron chi connectivity index (χ1n) is 4.80. The van der Waals surface area contributed by atoms with Gasteiger partial charge in [-0.15, -0.1) is 0 Å². The summed E-state index contributed by atoms with van der Waals surface area (Å²) < 4.78 is 15.3. The van der Waals surface area contributed by atoms with Crippen molar-refractivity contribution in [3.05, 3.63) is 61.0 Å². The Kier molecular flexibility index (Phi) is 4.29. The third-order valence-corrected chi connectivity index (χ3v) is 3.87. The number of pyridine rings is 1. The molecular formula is C12H5Br3FNO. The van der Waals surface area contributed by atoms with Crippen LogP contribution in [0.3, 0.4) is 0 Å². The molecule has 2 nitrogen and oxygen atoms in total. The summed E-state index contributed by atoms with van der Waals surface area (Å²) in [5.74, 6) is -1.05. The molecule has 0 unspecified atom stereocenters. The van der Waals surface area contributed by atoms with Gasteiger partial charge in [-0.2, -0.15) is 0 Å². The van der Waals surface area contributed by atoms with Crippen LogP contribution in [0, 0.1) is 5.82 Å². The highest BCUT2D eigenvalue weighted by Crippen LogP contribution is 2.25. The van der Waals surface area contributed by atoms with E-state index in [0.717, 1.165) is 4.47 Å². The fourth-order valence-corrected chi connectivity index (χ4v) is 2.92. The molecule has 92 valence electrons. The van der Waals surface area contributed by atoms with Crippen LogP contribution in [0.1, 0.15) is 16.1 Å². The van der Waals surface area contributed by atoms with Crippen molar-refractivity contribution in [1.29, 1.82) is 0 Å². The number of halogens is 4. The van der Waals surface area contributed by atoms with Crippen LogP contribution < -0.4 is 0 Å². The summed E-state index contributed by atoms with van der Waals surface area (Å²) in [6, 6.07) is 6.26. The summed E-state index contributed by atoms with van der Waals surface area (Å²) in [6.45, 7) is 0. The lowest BCUT2D eigenvalue weighted by Crippen LogP contribution is -2.07. The highest BCUT2D eigenvalue weighted by Gasteiger charge is 2.19. The Labute approximate surface area is 128 Å². The monoisotopic (exact) mass is 435 g/mol. The Morgan fingerprint density at radius 1 is 1.17 bits per heavy atom. The zero-order valence-electron chi connectivity index (χ0n) is 8.75. The number of carbonyl (C=O) groups excluding carboxylic acids is 1. The molecule has 0 radical (unpaired) electrons. The summed E-state index contributed by atoms with van der Waals surface area (Å²) in [5.41, 5.74) is 0.162. The van der Waals surface area contributed by atoms with Gasteiger partial charge >= 0.3 is 0 Å². The van der Waals surface area contributed by atoms with Crippen LogP contribution in [0.5, 0.6) is 0 Å². The van der Waals surface area contributed by atoms with Crippen molar-refractivity contribution in [2.75, 3.05) is 0 Å². The fraction of sp³-hybridized carbons (Fsp3) is 0. The van der Waals surface area contributed by atoms with Crippen molar-refractivity contribution >= 4 is 53.6 Å². The molecule has 0 saturated carbocycles. The van der Waals surface area contributed by atoms with E-state index in [-0.39, 0.29) is 15.7 Å². The van der Waals surface area contributed by atoms with E-state index in [9.17, 15) is 9.18 Å². The van der Waals surface area contributed by atoms with Gasteiger partial charge in [0.1, 0.15) is 11.5 Å². The van der Waals surface area contributed by atoms with Crippen molar-refractivity contribution in [2.45, 2.75) is 0 Å². The molecule has 0 spiro atoms. The lowest BCUT2D eigenvalue weighted by molar-refractivity contribution is 0.102. The first kappa shape index (κ1) is 13.8. The molecule has 1 aromatic carbocycles. The van der Waals surface area contributed by atoms with E-state index >= 15 is 0 Å². The molecule has 0 fully saturated rings. The Morgan fingerprint density at radius 2 is 1.89 bits per heavy atom. The molecule has 0 atom stereocenters. The first-order valence-corrected chi connectivity index (χ1v) is 7.18. The molecule has 18 heavy (non-hydrogen) atoms. The maximum atomic E-state index is 13.8. The standard InChI is InChI=1S/C12H5Br3FNO/c13-6-4-9(15)11(17-5-6)12(18)7-2-1-3-8(14)10(7)16/h1-5H. The second-order valence-electron chi connectivity index (χ2n) is 3.41. The largest absolute Gasteiger partial charge is 0.287 e. The van der Waals surface area contributed by atoms with Gasteiger partial charge in [0.25, 0.3) is 0 Å². The molecule has 0 aliphatic carbocycles. The smallest absolute Gasteiger partial charge is 0.215 e. The molecule has 2 aromatic rings. The number of nitrogens with zero attached hydrogens (tertiary/aromatic N) is 1. The van der Waals surface area contributed by atoms with Crippen molar-refractivity contribution in [2.24, 2.45) is 0 Å². The van der Waals surface area contributed by atoms with Gasteiger partial charge in [0.15, 0.2) is 0 Å². The number of aromatic nitrogens is 1. The van der Waals surface area contributed by atoms with Gasteiger partial charge in [-0.3, -0.25) is 9.78 Å². The van der Waals surface area contributed by atoms with E-state index in [1.54, 1.807) is 12.1 Å². The van der Waals surface area contributed by atoms with Crippen molar-refractivity contribution in [1.82, 2.24) is 4.98 Å². The summed E-state index contributed by atoms with van der Waals surface area (Å²) in [6.07, 6.45) is 1.49. The molecule has 1 heterocycles. The Bertz CT molecular complexity index is 631. The van der Waals surface area contributed by atoms with Gasteiger partial charge in [0, 0.05) is 15.1 Å². The van der Waals surface area contributed by atoms with Gasteiger partial charge < -0.3 is 0 Å². The third-order valence-electron chi connectivity index (χ3n) is 2.22. The van der Waals surface area contributed by atoms with E-state index in [0.29, 0.717) is 4.47 Å². The lowest BCUT2D eigenvalue weighted by Gasteiger charge is -2.05. The summed E-state index contributed by atoms with van der Waals surface area (Å²) in [5, 5.41) is 0. The molecule has 1 aromatic heterocycles. The second-order valence-corrected chi connectivity index (χ2v) is 6.04. The lowest BCUT2D eigenvalue weighted by atomic mass is 10.1. The number of ketones is 1. The molecule has 0 N–H and O–H groups in total. The molecule has 0 saturated heterocycles. The normalized spacial score (nSPS) is 10.4. The number of rotatable bonds is 2. The van der Waals surface area contributed by atoms with Gasteiger partial charge in [0.05, 0.1) is 10.0 Å². The summed E-state index contributed by atoms with van der Waals surface area (Å²) in [4.78, 5) is 16.2. The maximum Gasteiger partial charge on any atom is 0.215 e. The predicted molar refractivity (Wildman–Crippen MR) is 77.2 cm³/mol. The van der Waals surface area contributed by atoms with Crippen LogP contribution >= 0.6 is 47.8 Å². The van der Waals surface area contributed by atoms with E-state index in [4.69, 9.17) is 0 Å². The summed E-state index contributed by atoms with van der Waals surface area (Å²) >= 11 is 9.53. The van der Waals surface area contributed by atoms with Crippen molar-refractivity contribution < 1.29 is 9.18 Å². The highest BCUT2D eigenvalue weighted by molar-refractivity contribution is 9.11. The third kappa shape index (κ3) is 2.70. The van der Waals surface area contributed by atoms with Crippen molar-refractivity contribution in [3.8, 4) is 0 Å². The molecule has 6 heteroatoms. The van der Waals surface area contributed by atoms with E-state index in [1.165, 1.54) is 18.3 Å². The summed E-state index contributed by atoms with van der Waals surface area (Å²) in [7, 11) is 0. The van der Waals surface area contributed by atoms with Crippen LogP contribution in [0.25, 0.3) is 0 Å². The van der Waals surface area contributed by atoms with Crippen LogP contribution in [0.4, 0.5) is 4.39 Å². The number of carbonyl (C=O) groups is 1. The minimum absolute atomic E-state index is 0.0140. The minimum atomic E-state index is -0.584. The second kappa shape index (κ2) is 5.59. The van der Waals surface area contributed by atoms with E-state index in [1.807, 2.05) is 0 Å². The first-order chi connectivity index (χ1) is 8.50. The van der Waals surface area contributed by atoms with Gasteiger partial charge in [0.2, 0.25) is 5.78 Å². The zero-order chi connectivity index (χ0) is 13.3. The molecule has 0 bridgehead atoms. The number of hydrogen-bond donors (Lipinski definition) is 0. The van der Waals surface area contributed by atoms with Crippen LogP contribution in [-0.4, -0.2) is 10.8 Å². The minimum Gasteiger partial charge on any atom is -0.287 e.